The Morgan fingerprint density at radius 2 is 0.640 bits per heavy atom. The molecule has 0 saturated heterocycles. The standard InChI is InChI=1S/C5H16N4O12S4/c6-22(10,11)18-1-5(2-19-23(7,12)13,3-20-24(8,14)15)4-21-25(9,16)17/h1-4H2,(H2,6,10,11)(H2,7,12,13)(H2,8,14,15)(H2,9,16,17). The van der Waals surface area contributed by atoms with Crippen LogP contribution in [0.1, 0.15) is 0 Å². The first-order valence-electron chi connectivity index (χ1n) is 5.51. The van der Waals surface area contributed by atoms with Gasteiger partial charge in [-0.15, -0.1) is 0 Å². The Morgan fingerprint density at radius 1 is 0.480 bits per heavy atom. The van der Waals surface area contributed by atoms with Crippen LogP contribution in [0.15, 0.2) is 0 Å². The lowest BCUT2D eigenvalue weighted by atomic mass is 9.93. The smallest absolute Gasteiger partial charge is 0.257 e. The molecule has 0 radical (unpaired) electrons. The van der Waals surface area contributed by atoms with Crippen LogP contribution in [0.5, 0.6) is 0 Å². The van der Waals surface area contributed by atoms with Gasteiger partial charge in [0, 0.05) is 0 Å². The van der Waals surface area contributed by atoms with Gasteiger partial charge in [0.15, 0.2) is 0 Å². The maximum atomic E-state index is 10.9. The Labute approximate surface area is 144 Å². The molecule has 20 heteroatoms. The van der Waals surface area contributed by atoms with Crippen LogP contribution in [-0.4, -0.2) is 60.1 Å². The summed E-state index contributed by atoms with van der Waals surface area (Å²) >= 11 is 0. The molecule has 16 nitrogen and oxygen atoms in total. The molecular formula is C5H16N4O12S4. The summed E-state index contributed by atoms with van der Waals surface area (Å²) in [7, 11) is -18.5. The third-order valence-corrected chi connectivity index (χ3v) is 3.90. The summed E-state index contributed by atoms with van der Waals surface area (Å²) in [5, 5.41) is 18.3. The van der Waals surface area contributed by atoms with Crippen LogP contribution in [-0.2, 0) is 57.9 Å². The third kappa shape index (κ3) is 14.3. The second-order valence-corrected chi connectivity index (χ2v) is 9.41. The van der Waals surface area contributed by atoms with Crippen LogP contribution >= 0.6 is 0 Å². The van der Waals surface area contributed by atoms with E-state index in [2.05, 4.69) is 37.3 Å². The highest BCUT2D eigenvalue weighted by Gasteiger charge is 2.38. The van der Waals surface area contributed by atoms with Crippen molar-refractivity contribution in [2.24, 2.45) is 26.0 Å². The first-order valence-corrected chi connectivity index (χ1v) is 11.4. The molecule has 0 aromatic rings. The Bertz CT molecular complexity index is 709. The molecule has 0 aliphatic carbocycles. The van der Waals surface area contributed by atoms with Gasteiger partial charge in [0.05, 0.1) is 31.8 Å². The zero-order valence-corrected chi connectivity index (χ0v) is 15.4. The van der Waals surface area contributed by atoms with E-state index in [-0.39, 0.29) is 0 Å². The molecule has 0 unspecified atom stereocenters. The molecule has 0 bridgehead atoms. The molecule has 0 saturated carbocycles. The highest BCUT2D eigenvalue weighted by atomic mass is 32.2. The van der Waals surface area contributed by atoms with Gasteiger partial charge in [0.25, 0.3) is 0 Å². The van der Waals surface area contributed by atoms with Crippen molar-refractivity contribution in [1.29, 1.82) is 0 Å². The predicted octanol–water partition coefficient (Wildman–Crippen LogP) is -5.15. The fourth-order valence-corrected chi connectivity index (χ4v) is 2.74. The van der Waals surface area contributed by atoms with Gasteiger partial charge in [-0.2, -0.15) is 33.7 Å². The molecule has 0 aromatic heterocycles. The van der Waals surface area contributed by atoms with Crippen molar-refractivity contribution in [2.75, 3.05) is 26.4 Å². The van der Waals surface area contributed by atoms with Gasteiger partial charge in [-0.3, -0.25) is 16.7 Å². The quantitative estimate of drug-likeness (QED) is 0.216. The third-order valence-electron chi connectivity index (χ3n) is 2.12. The maximum Gasteiger partial charge on any atom is 0.333 e. The molecule has 0 rings (SSSR count). The molecule has 0 atom stereocenters. The lowest BCUT2D eigenvalue weighted by molar-refractivity contribution is 0.00417. The van der Waals surface area contributed by atoms with Gasteiger partial charge in [0.2, 0.25) is 0 Å². The summed E-state index contributed by atoms with van der Waals surface area (Å²) < 4.78 is 104. The van der Waals surface area contributed by atoms with E-state index in [1.807, 2.05) is 0 Å². The first-order chi connectivity index (χ1) is 10.8. The first kappa shape index (κ1) is 24.5. The van der Waals surface area contributed by atoms with Crippen molar-refractivity contribution < 1.29 is 50.4 Å². The van der Waals surface area contributed by atoms with E-state index in [1.54, 1.807) is 0 Å². The second-order valence-electron chi connectivity index (χ2n) is 4.52. The van der Waals surface area contributed by atoms with E-state index in [9.17, 15) is 33.7 Å². The Kier molecular flexibility index (Phi) is 8.27. The summed E-state index contributed by atoms with van der Waals surface area (Å²) in [4.78, 5) is 0. The summed E-state index contributed by atoms with van der Waals surface area (Å²) in [5.41, 5.74) is -2.20. The monoisotopic (exact) mass is 452 g/mol. The molecule has 0 aliphatic rings. The van der Waals surface area contributed by atoms with Crippen LogP contribution in [0.4, 0.5) is 0 Å². The molecular weight excluding hydrogens is 436 g/mol. The van der Waals surface area contributed by atoms with Gasteiger partial charge in [-0.05, 0) is 0 Å². The molecule has 0 heterocycles. The van der Waals surface area contributed by atoms with Crippen molar-refractivity contribution in [1.82, 2.24) is 0 Å². The maximum absolute atomic E-state index is 10.9. The van der Waals surface area contributed by atoms with Gasteiger partial charge in [-0.1, -0.05) is 0 Å². The van der Waals surface area contributed by atoms with Crippen LogP contribution < -0.4 is 20.6 Å². The highest BCUT2D eigenvalue weighted by Crippen LogP contribution is 2.23. The predicted molar refractivity (Wildman–Crippen MR) is 78.7 cm³/mol. The molecule has 0 amide bonds. The number of rotatable bonds is 12. The van der Waals surface area contributed by atoms with E-state index in [4.69, 9.17) is 0 Å². The zero-order valence-electron chi connectivity index (χ0n) is 12.2. The minimum absolute atomic E-state index is 1.15. The van der Waals surface area contributed by atoms with Crippen LogP contribution in [0, 0.1) is 5.41 Å². The fraction of sp³-hybridized carbons (Fsp3) is 1.00. The normalized spacial score (nSPS) is 14.6. The van der Waals surface area contributed by atoms with E-state index in [0.29, 0.717) is 0 Å². The topological polar surface area (TPSA) is 278 Å². The molecule has 0 spiro atoms. The van der Waals surface area contributed by atoms with Crippen LogP contribution in [0.3, 0.4) is 0 Å². The van der Waals surface area contributed by atoms with E-state index in [0.717, 1.165) is 0 Å². The van der Waals surface area contributed by atoms with Gasteiger partial charge in [0.1, 0.15) is 0 Å². The second kappa shape index (κ2) is 8.45. The number of hydrogen-bond acceptors (Lipinski definition) is 12. The fourth-order valence-electron chi connectivity index (χ4n) is 1.08. The van der Waals surface area contributed by atoms with Gasteiger partial charge < -0.3 is 0 Å². The largest absolute Gasteiger partial charge is 0.333 e. The summed E-state index contributed by atoms with van der Waals surface area (Å²) in [5.74, 6) is 0. The summed E-state index contributed by atoms with van der Waals surface area (Å²) in [6, 6.07) is 0. The van der Waals surface area contributed by atoms with Crippen molar-refractivity contribution in [3.05, 3.63) is 0 Å². The van der Waals surface area contributed by atoms with Gasteiger partial charge >= 0.3 is 41.2 Å². The van der Waals surface area contributed by atoms with E-state index in [1.165, 1.54) is 0 Å². The molecule has 25 heavy (non-hydrogen) atoms. The van der Waals surface area contributed by atoms with Gasteiger partial charge in [-0.25, -0.2) is 20.6 Å². The summed E-state index contributed by atoms with van der Waals surface area (Å²) in [6.07, 6.45) is 0. The molecule has 152 valence electrons. The van der Waals surface area contributed by atoms with E-state index >= 15 is 0 Å². The minimum Gasteiger partial charge on any atom is -0.257 e. The highest BCUT2D eigenvalue weighted by molar-refractivity contribution is 7.85. The average molecular weight is 452 g/mol. The van der Waals surface area contributed by atoms with Crippen molar-refractivity contribution in [2.45, 2.75) is 0 Å². The molecule has 0 fully saturated rings. The van der Waals surface area contributed by atoms with Crippen LogP contribution in [0.2, 0.25) is 0 Å². The Hall–Kier alpha value is -0.520. The lowest BCUT2D eigenvalue weighted by Crippen LogP contribution is -2.45. The number of nitrogens with two attached hydrogens (primary N) is 4. The number of hydrogen-bond donors (Lipinski definition) is 4. The molecule has 0 aliphatic heterocycles. The zero-order chi connectivity index (χ0) is 20.2. The average Bonchev–Trinajstić information content (AvgIpc) is 2.33. The van der Waals surface area contributed by atoms with Crippen LogP contribution in [0.25, 0.3) is 0 Å². The van der Waals surface area contributed by atoms with Crippen molar-refractivity contribution in [3.8, 4) is 0 Å². The molecule has 0 aromatic carbocycles. The summed E-state index contributed by atoms with van der Waals surface area (Å²) in [6.45, 7) is -4.59. The Morgan fingerprint density at radius 3 is 0.760 bits per heavy atom. The molecule has 8 N–H and O–H groups in total. The Balaban J connectivity index is 5.70. The minimum atomic E-state index is -4.63. The van der Waals surface area contributed by atoms with Crippen molar-refractivity contribution >= 4 is 41.2 Å². The van der Waals surface area contributed by atoms with E-state index < -0.39 is 73.1 Å². The van der Waals surface area contributed by atoms with Crippen molar-refractivity contribution in [3.63, 3.8) is 0 Å². The SMILES string of the molecule is NS(=O)(=O)OCC(COS(N)(=O)=O)(COS(N)(=O)=O)COS(N)(=O)=O. The lowest BCUT2D eigenvalue weighted by Gasteiger charge is -2.30.